The molecule has 476 valence electrons. The Morgan fingerprint density at radius 1 is 0.481 bits per heavy atom. The molecule has 1 aliphatic rings. The third-order valence-corrected chi connectivity index (χ3v) is 16.5. The van der Waals surface area contributed by atoms with Gasteiger partial charge in [-0.1, -0.05) is 308 Å². The number of rotatable bonds is 60. The van der Waals surface area contributed by atoms with E-state index in [1.165, 1.54) is 218 Å². The molecule has 0 aromatic carbocycles. The molecule has 0 spiro atoms. The molecule has 11 nitrogen and oxygen atoms in total. The van der Waals surface area contributed by atoms with Gasteiger partial charge >= 0.3 is 5.97 Å². The van der Waals surface area contributed by atoms with E-state index in [1.807, 2.05) is 6.08 Å². The van der Waals surface area contributed by atoms with Crippen molar-refractivity contribution in [1.82, 2.24) is 5.32 Å². The summed E-state index contributed by atoms with van der Waals surface area (Å²) in [5.41, 5.74) is 0. The highest BCUT2D eigenvalue weighted by Gasteiger charge is 2.47. The molecular formula is C70H131NO10. The smallest absolute Gasteiger partial charge is 0.306 e. The Morgan fingerprint density at radius 2 is 0.852 bits per heavy atom. The number of nitrogens with one attached hydrogen (secondary N) is 1. The summed E-state index contributed by atoms with van der Waals surface area (Å²) in [6.07, 6.45) is 60.4. The molecule has 11 heteroatoms. The molecular weight excluding hydrogens is 1010 g/mol. The number of aliphatic hydroxyl groups is 5. The summed E-state index contributed by atoms with van der Waals surface area (Å²) in [7, 11) is 0. The fourth-order valence-corrected chi connectivity index (χ4v) is 11.0. The van der Waals surface area contributed by atoms with Crippen molar-refractivity contribution >= 4 is 11.9 Å². The number of allylic oxidation sites excluding steroid dienone is 5. The van der Waals surface area contributed by atoms with Crippen LogP contribution in [-0.4, -0.2) is 99.6 Å². The van der Waals surface area contributed by atoms with Crippen molar-refractivity contribution in [1.29, 1.82) is 0 Å². The van der Waals surface area contributed by atoms with Crippen molar-refractivity contribution in [3.05, 3.63) is 36.5 Å². The summed E-state index contributed by atoms with van der Waals surface area (Å²) in [6.45, 7) is 5.81. The van der Waals surface area contributed by atoms with Crippen LogP contribution in [0.2, 0.25) is 0 Å². The molecule has 0 saturated carbocycles. The van der Waals surface area contributed by atoms with E-state index in [4.69, 9.17) is 14.2 Å². The Hall–Kier alpha value is -2.12. The van der Waals surface area contributed by atoms with Crippen molar-refractivity contribution < 1.29 is 49.3 Å². The van der Waals surface area contributed by atoms with Crippen LogP contribution < -0.4 is 5.32 Å². The monoisotopic (exact) mass is 1150 g/mol. The van der Waals surface area contributed by atoms with E-state index in [0.29, 0.717) is 19.3 Å². The average molecular weight is 1150 g/mol. The normalized spacial score (nSPS) is 18.8. The molecule has 0 aliphatic carbocycles. The van der Waals surface area contributed by atoms with Crippen LogP contribution in [0.15, 0.2) is 36.5 Å². The van der Waals surface area contributed by atoms with Gasteiger partial charge in [0.1, 0.15) is 24.4 Å². The van der Waals surface area contributed by atoms with Crippen LogP contribution in [0.4, 0.5) is 0 Å². The first-order chi connectivity index (χ1) is 39.7. The zero-order valence-corrected chi connectivity index (χ0v) is 52.9. The molecule has 0 bridgehead atoms. The summed E-state index contributed by atoms with van der Waals surface area (Å²) in [4.78, 5) is 26.6. The van der Waals surface area contributed by atoms with Crippen molar-refractivity contribution in [2.45, 2.75) is 384 Å². The van der Waals surface area contributed by atoms with Crippen LogP contribution in [0, 0.1) is 0 Å². The third kappa shape index (κ3) is 45.9. The SMILES string of the molecule is CCCCC/C=C\C/C=C\CCCCCCCCCCCCC(O)C(=O)NC(COC1OC(CO)C(O)C(O)C1OC(=O)CCCCCCCCCCCCCCCCCCCCCCC)C(O)/C=C/CCCCCCCCCCC. The summed E-state index contributed by atoms with van der Waals surface area (Å²) in [5.74, 6) is -1.18. The van der Waals surface area contributed by atoms with Crippen LogP contribution in [0.5, 0.6) is 0 Å². The van der Waals surface area contributed by atoms with Crippen molar-refractivity contribution in [2.24, 2.45) is 0 Å². The molecule has 0 radical (unpaired) electrons. The zero-order valence-electron chi connectivity index (χ0n) is 52.9. The van der Waals surface area contributed by atoms with Crippen molar-refractivity contribution in [2.75, 3.05) is 13.2 Å². The van der Waals surface area contributed by atoms with Crippen LogP contribution in [0.1, 0.15) is 335 Å². The van der Waals surface area contributed by atoms with Crippen molar-refractivity contribution in [3.63, 3.8) is 0 Å². The van der Waals surface area contributed by atoms with E-state index in [-0.39, 0.29) is 13.0 Å². The van der Waals surface area contributed by atoms with Crippen LogP contribution in [-0.2, 0) is 23.8 Å². The predicted octanol–water partition coefficient (Wildman–Crippen LogP) is 17.4. The minimum Gasteiger partial charge on any atom is -0.454 e. The molecule has 1 rings (SSSR count). The van der Waals surface area contributed by atoms with E-state index in [2.05, 4.69) is 50.4 Å². The molecule has 1 saturated heterocycles. The quantitative estimate of drug-likeness (QED) is 0.0195. The highest BCUT2D eigenvalue weighted by molar-refractivity contribution is 5.80. The zero-order chi connectivity index (χ0) is 58.9. The van der Waals surface area contributed by atoms with Gasteiger partial charge in [-0.05, 0) is 57.8 Å². The highest BCUT2D eigenvalue weighted by atomic mass is 16.7. The molecule has 81 heavy (non-hydrogen) atoms. The Bertz CT molecular complexity index is 1460. The maximum Gasteiger partial charge on any atom is 0.306 e. The molecule has 1 fully saturated rings. The lowest BCUT2D eigenvalue weighted by atomic mass is 9.99. The van der Waals surface area contributed by atoms with E-state index < -0.39 is 67.4 Å². The first-order valence-electron chi connectivity index (χ1n) is 34.8. The summed E-state index contributed by atoms with van der Waals surface area (Å²) in [5, 5.41) is 57.1. The van der Waals surface area contributed by atoms with Gasteiger partial charge in [0.25, 0.3) is 0 Å². The number of esters is 1. The van der Waals surface area contributed by atoms with Gasteiger partial charge < -0.3 is 45.1 Å². The number of hydrogen-bond acceptors (Lipinski definition) is 10. The lowest BCUT2D eigenvalue weighted by Crippen LogP contribution is -2.61. The second-order valence-corrected chi connectivity index (χ2v) is 24.3. The Balaban J connectivity index is 2.57. The topological polar surface area (TPSA) is 175 Å². The Labute approximate surface area is 498 Å². The molecule has 0 aromatic heterocycles. The van der Waals surface area contributed by atoms with Gasteiger partial charge in [0.15, 0.2) is 12.4 Å². The van der Waals surface area contributed by atoms with Gasteiger partial charge in [0, 0.05) is 6.42 Å². The Kier molecular flexibility index (Phi) is 55.3. The first-order valence-corrected chi connectivity index (χ1v) is 34.8. The maximum absolute atomic E-state index is 13.5. The fraction of sp³-hybridized carbons (Fsp3) is 0.886. The number of unbranched alkanes of at least 4 members (excludes halogenated alkanes) is 42. The molecule has 1 aliphatic heterocycles. The highest BCUT2D eigenvalue weighted by Crippen LogP contribution is 2.26. The predicted molar refractivity (Wildman–Crippen MR) is 338 cm³/mol. The van der Waals surface area contributed by atoms with E-state index in [1.54, 1.807) is 6.08 Å². The van der Waals surface area contributed by atoms with E-state index in [9.17, 15) is 35.1 Å². The number of carbonyl (C=O) groups is 2. The minimum absolute atomic E-state index is 0.129. The van der Waals surface area contributed by atoms with Gasteiger partial charge in [0.2, 0.25) is 5.91 Å². The summed E-state index contributed by atoms with van der Waals surface area (Å²) in [6, 6.07) is -1.02. The van der Waals surface area contributed by atoms with Crippen LogP contribution in [0.25, 0.3) is 0 Å². The average Bonchev–Trinajstić information content (AvgIpc) is 3.51. The standard InChI is InChI=1S/C70H131NO10/c1-4-7-10-13-16-19-22-24-26-28-30-32-34-36-38-40-43-46-49-52-55-58-65(75)81-68-67(77)66(76)64(59-72)80-70(68)79-60-61(62(73)56-53-50-47-44-41-21-18-15-12-9-6-3)71-69(78)63(74)57-54-51-48-45-42-39-37-35-33-31-29-27-25-23-20-17-14-11-8-5-2/h17,20,25,27,53,56,61-64,66-68,70,72-74,76-77H,4-16,18-19,21-24,26,28-52,54-55,57-60H2,1-3H3,(H,71,78)/b20-17-,27-25-,56-53+. The number of ether oxygens (including phenoxy) is 3. The van der Waals surface area contributed by atoms with Gasteiger partial charge in [-0.25, -0.2) is 0 Å². The largest absolute Gasteiger partial charge is 0.454 e. The minimum atomic E-state index is -1.61. The number of hydrogen-bond donors (Lipinski definition) is 6. The molecule has 8 atom stereocenters. The first kappa shape index (κ1) is 76.9. The van der Waals surface area contributed by atoms with Crippen molar-refractivity contribution in [3.8, 4) is 0 Å². The fourth-order valence-electron chi connectivity index (χ4n) is 11.0. The molecule has 8 unspecified atom stereocenters. The van der Waals surface area contributed by atoms with Crippen LogP contribution in [0.3, 0.4) is 0 Å². The van der Waals surface area contributed by atoms with Gasteiger partial charge in [-0.3, -0.25) is 9.59 Å². The Morgan fingerprint density at radius 3 is 1.28 bits per heavy atom. The van der Waals surface area contributed by atoms with Crippen LogP contribution >= 0.6 is 0 Å². The molecule has 1 heterocycles. The number of carbonyl (C=O) groups excluding carboxylic acids is 2. The molecule has 1 amide bonds. The van der Waals surface area contributed by atoms with Gasteiger partial charge in [-0.2, -0.15) is 0 Å². The third-order valence-electron chi connectivity index (χ3n) is 16.5. The lowest BCUT2D eigenvalue weighted by Gasteiger charge is -2.41. The summed E-state index contributed by atoms with van der Waals surface area (Å²) >= 11 is 0. The second-order valence-electron chi connectivity index (χ2n) is 24.3. The molecule has 0 aromatic rings. The van der Waals surface area contributed by atoms with E-state index >= 15 is 0 Å². The number of aliphatic hydroxyl groups excluding tert-OH is 5. The summed E-state index contributed by atoms with van der Waals surface area (Å²) < 4.78 is 17.7. The lowest BCUT2D eigenvalue weighted by molar-refractivity contribution is -0.305. The maximum atomic E-state index is 13.5. The van der Waals surface area contributed by atoms with Gasteiger partial charge in [-0.15, -0.1) is 0 Å². The number of amides is 1. The van der Waals surface area contributed by atoms with E-state index in [0.717, 1.165) is 70.6 Å². The van der Waals surface area contributed by atoms with Gasteiger partial charge in [0.05, 0.1) is 25.4 Å². The molecule has 6 N–H and O–H groups in total. The second kappa shape index (κ2) is 58.3.